The lowest BCUT2D eigenvalue weighted by atomic mass is 9.81. The van der Waals surface area contributed by atoms with Crippen LogP contribution in [0.3, 0.4) is 0 Å². The number of amides is 1. The second-order valence-electron chi connectivity index (χ2n) is 5.85. The molecule has 1 saturated carbocycles. The fourth-order valence-electron chi connectivity index (χ4n) is 3.18. The number of allylic oxidation sites excluding steroid dienone is 2. The Balaban J connectivity index is 1.97. The van der Waals surface area contributed by atoms with E-state index in [0.717, 1.165) is 19.3 Å². The second kappa shape index (κ2) is 6.22. The van der Waals surface area contributed by atoms with Crippen LogP contribution in [0.5, 0.6) is 0 Å². The fraction of sp³-hybridized carbons (Fsp3) is 0.733. The summed E-state index contributed by atoms with van der Waals surface area (Å²) in [6.07, 6.45) is 9.14. The lowest BCUT2D eigenvalue weighted by Gasteiger charge is -2.33. The Morgan fingerprint density at radius 1 is 1.11 bits per heavy atom. The first kappa shape index (κ1) is 14.1. The smallest absolute Gasteiger partial charge is 0.224 e. The normalized spacial score (nSPS) is 34.8. The number of hydrogen-bond donors (Lipinski definition) is 1. The lowest BCUT2D eigenvalue weighted by Crippen LogP contribution is -2.48. The van der Waals surface area contributed by atoms with E-state index < -0.39 is 17.8 Å². The summed E-state index contributed by atoms with van der Waals surface area (Å²) in [4.78, 5) is 23.4. The zero-order valence-electron chi connectivity index (χ0n) is 11.4. The molecule has 4 nitrogen and oxygen atoms in total. The minimum atomic E-state index is -1.11. The zero-order valence-corrected chi connectivity index (χ0v) is 11.4. The van der Waals surface area contributed by atoms with E-state index in [1.807, 2.05) is 12.2 Å². The van der Waals surface area contributed by atoms with Crippen molar-refractivity contribution in [2.75, 3.05) is 0 Å². The number of carbonyl (C=O) groups excluding carboxylic acids is 2. The molecule has 0 aliphatic heterocycles. The Morgan fingerprint density at radius 3 is 2.37 bits per heavy atom. The Labute approximate surface area is 114 Å². The molecule has 2 rings (SSSR count). The average molecular weight is 264 g/mol. The number of nitrogens with one attached hydrogen (secondary N) is 1. The molecular weight excluding hydrogens is 242 g/mol. The molecule has 0 aromatic rings. The first-order chi connectivity index (χ1) is 9.09. The van der Waals surface area contributed by atoms with Gasteiger partial charge in [-0.2, -0.15) is 0 Å². The third-order valence-electron chi connectivity index (χ3n) is 4.51. The van der Waals surface area contributed by atoms with Crippen molar-refractivity contribution in [3.8, 4) is 0 Å². The molecular formula is C15H22NO3-. The third-order valence-corrected chi connectivity index (χ3v) is 4.51. The van der Waals surface area contributed by atoms with Crippen LogP contribution in [0.1, 0.15) is 45.4 Å². The molecule has 0 spiro atoms. The fourth-order valence-corrected chi connectivity index (χ4v) is 3.18. The van der Waals surface area contributed by atoms with E-state index in [1.54, 1.807) is 0 Å². The predicted molar refractivity (Wildman–Crippen MR) is 69.9 cm³/mol. The number of carbonyl (C=O) groups is 2. The van der Waals surface area contributed by atoms with E-state index in [9.17, 15) is 14.7 Å². The van der Waals surface area contributed by atoms with Gasteiger partial charge in [-0.1, -0.05) is 31.9 Å². The summed E-state index contributed by atoms with van der Waals surface area (Å²) in [6.45, 7) is 2.15. The SMILES string of the molecule is CC1CCCCC1NC(=O)C1CC=CCC1C(=O)[O-]. The highest BCUT2D eigenvalue weighted by Gasteiger charge is 2.32. The van der Waals surface area contributed by atoms with Crippen LogP contribution in [0.4, 0.5) is 0 Å². The Hall–Kier alpha value is -1.32. The topological polar surface area (TPSA) is 69.2 Å². The number of hydrogen-bond acceptors (Lipinski definition) is 3. The van der Waals surface area contributed by atoms with E-state index in [0.29, 0.717) is 18.8 Å². The summed E-state index contributed by atoms with van der Waals surface area (Å²) in [7, 11) is 0. The van der Waals surface area contributed by atoms with Crippen LogP contribution in [0.2, 0.25) is 0 Å². The molecule has 0 heterocycles. The molecule has 1 fully saturated rings. The summed E-state index contributed by atoms with van der Waals surface area (Å²) < 4.78 is 0. The molecule has 0 bridgehead atoms. The Bertz CT molecular complexity index is 378. The molecule has 4 atom stereocenters. The molecule has 0 aromatic heterocycles. The summed E-state index contributed by atoms with van der Waals surface area (Å²) >= 11 is 0. The molecule has 1 N–H and O–H groups in total. The van der Waals surface area contributed by atoms with Crippen molar-refractivity contribution in [2.24, 2.45) is 17.8 Å². The Kier molecular flexibility index (Phi) is 4.61. The summed E-state index contributed by atoms with van der Waals surface area (Å²) in [5.41, 5.74) is 0. The first-order valence-corrected chi connectivity index (χ1v) is 7.26. The van der Waals surface area contributed by atoms with E-state index >= 15 is 0 Å². The quantitative estimate of drug-likeness (QED) is 0.774. The van der Waals surface area contributed by atoms with Gasteiger partial charge in [-0.05, 0) is 31.6 Å². The van der Waals surface area contributed by atoms with Gasteiger partial charge in [-0.25, -0.2) is 0 Å². The van der Waals surface area contributed by atoms with E-state index in [4.69, 9.17) is 0 Å². The largest absolute Gasteiger partial charge is 0.550 e. The van der Waals surface area contributed by atoms with Crippen molar-refractivity contribution in [3.63, 3.8) is 0 Å². The molecule has 2 aliphatic rings. The van der Waals surface area contributed by atoms with Crippen molar-refractivity contribution in [1.82, 2.24) is 5.32 Å². The number of carboxylic acids is 1. The standard InChI is InChI=1S/C15H23NO3/c1-10-6-2-5-9-13(10)16-14(17)11-7-3-4-8-12(11)15(18)19/h3-4,10-13H,2,5-9H2,1H3,(H,16,17)(H,18,19)/p-1. The number of rotatable bonds is 3. The first-order valence-electron chi connectivity index (χ1n) is 7.26. The van der Waals surface area contributed by atoms with Crippen molar-refractivity contribution in [2.45, 2.75) is 51.5 Å². The minimum absolute atomic E-state index is 0.114. The van der Waals surface area contributed by atoms with Crippen molar-refractivity contribution in [1.29, 1.82) is 0 Å². The average Bonchev–Trinajstić information content (AvgIpc) is 2.41. The molecule has 0 radical (unpaired) electrons. The molecule has 1 amide bonds. The highest BCUT2D eigenvalue weighted by molar-refractivity contribution is 5.84. The highest BCUT2D eigenvalue weighted by Crippen LogP contribution is 2.28. The van der Waals surface area contributed by atoms with Crippen molar-refractivity contribution in [3.05, 3.63) is 12.2 Å². The summed E-state index contributed by atoms with van der Waals surface area (Å²) in [5.74, 6) is -1.88. The number of aliphatic carboxylic acids is 1. The van der Waals surface area contributed by atoms with Crippen molar-refractivity contribution < 1.29 is 14.7 Å². The molecule has 0 aromatic carbocycles. The van der Waals surface area contributed by atoms with Gasteiger partial charge in [0.15, 0.2) is 0 Å². The van der Waals surface area contributed by atoms with Crippen LogP contribution < -0.4 is 10.4 Å². The van der Waals surface area contributed by atoms with E-state index in [2.05, 4.69) is 12.2 Å². The van der Waals surface area contributed by atoms with E-state index in [-0.39, 0.29) is 11.9 Å². The molecule has 4 heteroatoms. The Morgan fingerprint density at radius 2 is 1.74 bits per heavy atom. The third kappa shape index (κ3) is 3.37. The maximum Gasteiger partial charge on any atom is 0.224 e. The minimum Gasteiger partial charge on any atom is -0.550 e. The van der Waals surface area contributed by atoms with Crippen LogP contribution in [-0.2, 0) is 9.59 Å². The molecule has 19 heavy (non-hydrogen) atoms. The van der Waals surface area contributed by atoms with Crippen LogP contribution in [0.15, 0.2) is 12.2 Å². The van der Waals surface area contributed by atoms with Gasteiger partial charge in [0, 0.05) is 23.8 Å². The van der Waals surface area contributed by atoms with E-state index in [1.165, 1.54) is 6.42 Å². The van der Waals surface area contributed by atoms with Gasteiger partial charge in [0.1, 0.15) is 0 Å². The second-order valence-corrected chi connectivity index (χ2v) is 5.85. The van der Waals surface area contributed by atoms with Gasteiger partial charge in [-0.3, -0.25) is 4.79 Å². The maximum absolute atomic E-state index is 12.3. The van der Waals surface area contributed by atoms with Gasteiger partial charge >= 0.3 is 0 Å². The van der Waals surface area contributed by atoms with Crippen LogP contribution in [-0.4, -0.2) is 17.9 Å². The maximum atomic E-state index is 12.3. The van der Waals surface area contributed by atoms with Gasteiger partial charge in [0.2, 0.25) is 5.91 Å². The van der Waals surface area contributed by atoms with Crippen molar-refractivity contribution >= 4 is 11.9 Å². The van der Waals surface area contributed by atoms with Gasteiger partial charge < -0.3 is 15.2 Å². The molecule has 2 aliphatic carbocycles. The summed E-state index contributed by atoms with van der Waals surface area (Å²) in [5, 5.41) is 14.2. The van der Waals surface area contributed by atoms with Gasteiger partial charge in [0.25, 0.3) is 0 Å². The van der Waals surface area contributed by atoms with Gasteiger partial charge in [-0.15, -0.1) is 0 Å². The predicted octanol–water partition coefficient (Wildman–Crippen LogP) is 1.01. The van der Waals surface area contributed by atoms with Crippen LogP contribution in [0.25, 0.3) is 0 Å². The van der Waals surface area contributed by atoms with Crippen LogP contribution in [0, 0.1) is 17.8 Å². The van der Waals surface area contributed by atoms with Crippen LogP contribution >= 0.6 is 0 Å². The molecule has 106 valence electrons. The zero-order chi connectivity index (χ0) is 13.8. The lowest BCUT2D eigenvalue weighted by molar-refractivity contribution is -0.313. The number of carboxylic acid groups (broad SMARTS) is 1. The molecule has 0 saturated heterocycles. The monoisotopic (exact) mass is 264 g/mol. The summed E-state index contributed by atoms with van der Waals surface area (Å²) in [6, 6.07) is 0.203. The van der Waals surface area contributed by atoms with Gasteiger partial charge in [0.05, 0.1) is 0 Å². The highest BCUT2D eigenvalue weighted by atomic mass is 16.4. The molecule has 4 unspecified atom stereocenters.